The van der Waals surface area contributed by atoms with Gasteiger partial charge >= 0.3 is 0 Å². The van der Waals surface area contributed by atoms with Crippen LogP contribution in [0.3, 0.4) is 0 Å². The lowest BCUT2D eigenvalue weighted by Gasteiger charge is -2.12. The van der Waals surface area contributed by atoms with Gasteiger partial charge in [-0.05, 0) is 36.8 Å². The number of hydrogen-bond donors (Lipinski definition) is 1. The standard InChI is InChI=1S/C15H15N3O2/c1-12(20-14-5-3-2-4-6-14)15(19)18-17-11-13-7-9-16-10-8-13/h2-12H,1H3,(H,18,19). The summed E-state index contributed by atoms with van der Waals surface area (Å²) in [7, 11) is 0. The molecule has 0 fully saturated rings. The third-order valence-electron chi connectivity index (χ3n) is 2.52. The van der Waals surface area contributed by atoms with Crippen LogP contribution < -0.4 is 10.2 Å². The molecule has 0 bridgehead atoms. The Balaban J connectivity index is 1.84. The van der Waals surface area contributed by atoms with E-state index in [1.54, 1.807) is 49.8 Å². The Labute approximate surface area is 117 Å². The fraction of sp³-hybridized carbons (Fsp3) is 0.133. The van der Waals surface area contributed by atoms with Gasteiger partial charge in [0.25, 0.3) is 5.91 Å². The van der Waals surface area contributed by atoms with Gasteiger partial charge in [-0.3, -0.25) is 9.78 Å². The molecule has 0 radical (unpaired) electrons. The van der Waals surface area contributed by atoms with Gasteiger partial charge in [0.15, 0.2) is 6.10 Å². The van der Waals surface area contributed by atoms with Crippen LogP contribution in [0.1, 0.15) is 12.5 Å². The molecule has 5 heteroatoms. The molecule has 1 atom stereocenters. The van der Waals surface area contributed by atoms with E-state index in [2.05, 4.69) is 15.5 Å². The molecule has 1 amide bonds. The van der Waals surface area contributed by atoms with Crippen molar-refractivity contribution in [2.75, 3.05) is 0 Å². The number of rotatable bonds is 5. The first-order valence-electron chi connectivity index (χ1n) is 6.20. The summed E-state index contributed by atoms with van der Waals surface area (Å²) in [6, 6.07) is 12.8. The number of carbonyl (C=O) groups is 1. The molecule has 0 aliphatic carbocycles. The van der Waals surface area contributed by atoms with Gasteiger partial charge in [-0.15, -0.1) is 0 Å². The van der Waals surface area contributed by atoms with Gasteiger partial charge in [-0.2, -0.15) is 5.10 Å². The van der Waals surface area contributed by atoms with E-state index in [0.29, 0.717) is 5.75 Å². The minimum absolute atomic E-state index is 0.306. The van der Waals surface area contributed by atoms with Crippen LogP contribution in [0.4, 0.5) is 0 Å². The van der Waals surface area contributed by atoms with Crippen LogP contribution >= 0.6 is 0 Å². The molecule has 5 nitrogen and oxygen atoms in total. The summed E-state index contributed by atoms with van der Waals surface area (Å²) >= 11 is 0. The van der Waals surface area contributed by atoms with Gasteiger partial charge in [0, 0.05) is 12.4 Å². The molecule has 102 valence electrons. The summed E-state index contributed by atoms with van der Waals surface area (Å²) in [6.07, 6.45) is 4.25. The van der Waals surface area contributed by atoms with Crippen molar-refractivity contribution in [2.45, 2.75) is 13.0 Å². The van der Waals surface area contributed by atoms with E-state index in [4.69, 9.17) is 4.74 Å². The van der Waals surface area contributed by atoms with Gasteiger partial charge in [0.2, 0.25) is 0 Å². The Kier molecular flexibility index (Phi) is 4.83. The number of ether oxygens (including phenoxy) is 1. The van der Waals surface area contributed by atoms with Crippen LogP contribution in [0, 0.1) is 0 Å². The predicted octanol–water partition coefficient (Wildman–Crippen LogP) is 2.00. The number of nitrogens with one attached hydrogen (secondary N) is 1. The maximum absolute atomic E-state index is 11.8. The fourth-order valence-corrected chi connectivity index (χ4v) is 1.47. The molecule has 1 N–H and O–H groups in total. The minimum atomic E-state index is -0.619. The third kappa shape index (κ3) is 4.20. The van der Waals surface area contributed by atoms with Crippen molar-refractivity contribution in [1.82, 2.24) is 10.4 Å². The molecule has 1 aromatic heterocycles. The number of pyridine rings is 1. The maximum Gasteiger partial charge on any atom is 0.280 e. The highest BCUT2D eigenvalue weighted by Gasteiger charge is 2.13. The highest BCUT2D eigenvalue weighted by atomic mass is 16.5. The minimum Gasteiger partial charge on any atom is -0.481 e. The van der Waals surface area contributed by atoms with Crippen LogP contribution in [-0.4, -0.2) is 23.2 Å². The molecular weight excluding hydrogens is 254 g/mol. The van der Waals surface area contributed by atoms with Crippen LogP contribution in [0.15, 0.2) is 60.0 Å². The van der Waals surface area contributed by atoms with E-state index >= 15 is 0 Å². The lowest BCUT2D eigenvalue weighted by Crippen LogP contribution is -2.33. The molecule has 1 aromatic carbocycles. The van der Waals surface area contributed by atoms with Gasteiger partial charge < -0.3 is 4.74 Å². The molecule has 0 saturated heterocycles. The van der Waals surface area contributed by atoms with Gasteiger partial charge in [-0.1, -0.05) is 18.2 Å². The van der Waals surface area contributed by atoms with Gasteiger partial charge in [0.05, 0.1) is 6.21 Å². The Bertz CT molecular complexity index is 570. The second-order valence-electron chi connectivity index (χ2n) is 4.09. The summed E-state index contributed by atoms with van der Waals surface area (Å²) < 4.78 is 5.48. The topological polar surface area (TPSA) is 63.6 Å². The highest BCUT2D eigenvalue weighted by molar-refractivity contribution is 5.84. The Morgan fingerprint density at radius 3 is 2.65 bits per heavy atom. The average molecular weight is 269 g/mol. The van der Waals surface area contributed by atoms with Gasteiger partial charge in [-0.25, -0.2) is 5.43 Å². The van der Waals surface area contributed by atoms with Crippen molar-refractivity contribution in [3.8, 4) is 5.75 Å². The third-order valence-corrected chi connectivity index (χ3v) is 2.52. The van der Waals surface area contributed by atoms with E-state index in [0.717, 1.165) is 5.56 Å². The Hall–Kier alpha value is -2.69. The predicted molar refractivity (Wildman–Crippen MR) is 76.5 cm³/mol. The first kappa shape index (κ1) is 13.7. The van der Waals surface area contributed by atoms with Crippen molar-refractivity contribution in [2.24, 2.45) is 5.10 Å². The SMILES string of the molecule is CC(Oc1ccccc1)C(=O)NN=Cc1ccncc1. The molecular formula is C15H15N3O2. The highest BCUT2D eigenvalue weighted by Crippen LogP contribution is 2.10. The van der Waals surface area contributed by atoms with Crippen LogP contribution in [0.25, 0.3) is 0 Å². The smallest absolute Gasteiger partial charge is 0.280 e. The summed E-state index contributed by atoms with van der Waals surface area (Å²) in [4.78, 5) is 15.7. The molecule has 0 saturated carbocycles. The number of aromatic nitrogens is 1. The lowest BCUT2D eigenvalue weighted by atomic mass is 10.3. The first-order chi connectivity index (χ1) is 9.75. The molecule has 0 aliphatic rings. The molecule has 2 aromatic rings. The first-order valence-corrected chi connectivity index (χ1v) is 6.20. The molecule has 0 spiro atoms. The van der Waals surface area contributed by atoms with E-state index < -0.39 is 6.10 Å². The molecule has 2 rings (SSSR count). The molecule has 20 heavy (non-hydrogen) atoms. The molecule has 1 heterocycles. The number of hydrazone groups is 1. The maximum atomic E-state index is 11.8. The number of para-hydroxylation sites is 1. The fourth-order valence-electron chi connectivity index (χ4n) is 1.47. The van der Waals surface area contributed by atoms with Crippen molar-refractivity contribution in [1.29, 1.82) is 0 Å². The zero-order valence-electron chi connectivity index (χ0n) is 11.1. The molecule has 0 aliphatic heterocycles. The summed E-state index contributed by atoms with van der Waals surface area (Å²) in [5, 5.41) is 3.87. The number of nitrogens with zero attached hydrogens (tertiary/aromatic N) is 2. The zero-order chi connectivity index (χ0) is 14.2. The van der Waals surface area contributed by atoms with Crippen molar-refractivity contribution >= 4 is 12.1 Å². The second-order valence-corrected chi connectivity index (χ2v) is 4.09. The Morgan fingerprint density at radius 1 is 1.25 bits per heavy atom. The Morgan fingerprint density at radius 2 is 1.95 bits per heavy atom. The van der Waals surface area contributed by atoms with Gasteiger partial charge in [0.1, 0.15) is 5.75 Å². The van der Waals surface area contributed by atoms with Crippen molar-refractivity contribution in [3.05, 3.63) is 60.4 Å². The van der Waals surface area contributed by atoms with Crippen LogP contribution in [0.2, 0.25) is 0 Å². The molecule has 1 unspecified atom stereocenters. The number of hydrogen-bond acceptors (Lipinski definition) is 4. The summed E-state index contributed by atoms with van der Waals surface area (Å²) in [5.41, 5.74) is 3.29. The van der Waals surface area contributed by atoms with Crippen molar-refractivity contribution in [3.63, 3.8) is 0 Å². The number of carbonyl (C=O) groups excluding carboxylic acids is 1. The second kappa shape index (κ2) is 7.04. The van der Waals surface area contributed by atoms with E-state index in [9.17, 15) is 4.79 Å². The number of amides is 1. The lowest BCUT2D eigenvalue weighted by molar-refractivity contribution is -0.127. The summed E-state index contributed by atoms with van der Waals surface area (Å²) in [6.45, 7) is 1.67. The van der Waals surface area contributed by atoms with Crippen LogP contribution in [0.5, 0.6) is 5.75 Å². The largest absolute Gasteiger partial charge is 0.481 e. The normalized spacial score (nSPS) is 12.1. The summed E-state index contributed by atoms with van der Waals surface area (Å²) in [5.74, 6) is 0.340. The van der Waals surface area contributed by atoms with Crippen LogP contribution in [-0.2, 0) is 4.79 Å². The van der Waals surface area contributed by atoms with E-state index in [-0.39, 0.29) is 5.91 Å². The zero-order valence-corrected chi connectivity index (χ0v) is 11.1. The van der Waals surface area contributed by atoms with E-state index in [1.807, 2.05) is 18.2 Å². The average Bonchev–Trinajstić information content (AvgIpc) is 2.49. The number of benzene rings is 1. The van der Waals surface area contributed by atoms with E-state index in [1.165, 1.54) is 0 Å². The van der Waals surface area contributed by atoms with Crippen molar-refractivity contribution < 1.29 is 9.53 Å². The quantitative estimate of drug-likeness (QED) is 0.667. The monoisotopic (exact) mass is 269 g/mol.